The van der Waals surface area contributed by atoms with Gasteiger partial charge in [0.25, 0.3) is 5.69 Å². The predicted molar refractivity (Wildman–Crippen MR) is 76.8 cm³/mol. The molecule has 21 heavy (non-hydrogen) atoms. The Hall–Kier alpha value is -1.74. The Morgan fingerprint density at radius 2 is 2.00 bits per heavy atom. The van der Waals surface area contributed by atoms with Crippen molar-refractivity contribution in [1.29, 1.82) is 0 Å². The van der Waals surface area contributed by atoms with Gasteiger partial charge < -0.3 is 5.73 Å². The molecule has 1 rings (SSSR count). The van der Waals surface area contributed by atoms with E-state index in [9.17, 15) is 22.9 Å². The summed E-state index contributed by atoms with van der Waals surface area (Å²) in [6.07, 6.45) is 3.48. The van der Waals surface area contributed by atoms with Crippen LogP contribution in [0.15, 0.2) is 17.0 Å². The number of nitrogens with one attached hydrogen (secondary N) is 1. The number of halogens is 1. The molecule has 0 atom stereocenters. The van der Waals surface area contributed by atoms with Gasteiger partial charge in [-0.15, -0.1) is 0 Å². The van der Waals surface area contributed by atoms with Gasteiger partial charge in [0.1, 0.15) is 4.90 Å². The van der Waals surface area contributed by atoms with E-state index < -0.39 is 37.0 Å². The third-order valence-corrected chi connectivity index (χ3v) is 4.41. The van der Waals surface area contributed by atoms with Crippen LogP contribution in [0.1, 0.15) is 32.6 Å². The Morgan fingerprint density at radius 1 is 1.33 bits per heavy atom. The van der Waals surface area contributed by atoms with E-state index in [-0.39, 0.29) is 6.54 Å². The fourth-order valence-corrected chi connectivity index (χ4v) is 3.06. The monoisotopic (exact) mass is 319 g/mol. The van der Waals surface area contributed by atoms with Gasteiger partial charge in [-0.1, -0.05) is 26.2 Å². The maximum Gasteiger partial charge on any atom is 0.274 e. The van der Waals surface area contributed by atoms with Crippen molar-refractivity contribution in [3.8, 4) is 0 Å². The Kier molecular flexibility index (Phi) is 6.03. The average molecular weight is 319 g/mol. The highest BCUT2D eigenvalue weighted by Crippen LogP contribution is 2.27. The zero-order valence-corrected chi connectivity index (χ0v) is 12.5. The van der Waals surface area contributed by atoms with Crippen molar-refractivity contribution in [1.82, 2.24) is 4.72 Å². The summed E-state index contributed by atoms with van der Waals surface area (Å²) < 4.78 is 40.0. The van der Waals surface area contributed by atoms with Gasteiger partial charge in [-0.25, -0.2) is 17.5 Å². The number of rotatable bonds is 8. The molecule has 0 aliphatic rings. The highest BCUT2D eigenvalue weighted by atomic mass is 32.2. The molecule has 0 saturated carbocycles. The summed E-state index contributed by atoms with van der Waals surface area (Å²) in [6, 6.07) is 1.37. The lowest BCUT2D eigenvalue weighted by Gasteiger charge is -2.10. The van der Waals surface area contributed by atoms with Gasteiger partial charge in [-0.3, -0.25) is 10.1 Å². The second kappa shape index (κ2) is 7.32. The molecule has 0 aliphatic heterocycles. The van der Waals surface area contributed by atoms with E-state index in [1.54, 1.807) is 0 Å². The van der Waals surface area contributed by atoms with E-state index in [0.29, 0.717) is 12.5 Å². The van der Waals surface area contributed by atoms with Crippen molar-refractivity contribution < 1.29 is 17.7 Å². The molecule has 118 valence electrons. The Morgan fingerprint density at radius 3 is 2.52 bits per heavy atom. The summed E-state index contributed by atoms with van der Waals surface area (Å²) in [4.78, 5) is 8.97. The Balaban J connectivity index is 2.91. The summed E-state index contributed by atoms with van der Waals surface area (Å²) in [5.41, 5.74) is 4.36. The zero-order valence-electron chi connectivity index (χ0n) is 11.6. The first kappa shape index (κ1) is 17.3. The van der Waals surface area contributed by atoms with Crippen LogP contribution in [0.4, 0.5) is 15.8 Å². The van der Waals surface area contributed by atoms with E-state index in [4.69, 9.17) is 5.73 Å². The van der Waals surface area contributed by atoms with Crippen molar-refractivity contribution in [3.63, 3.8) is 0 Å². The number of nitro groups is 1. The normalized spacial score (nSPS) is 11.5. The fourth-order valence-electron chi connectivity index (χ4n) is 1.82. The van der Waals surface area contributed by atoms with Crippen LogP contribution in [0.25, 0.3) is 0 Å². The fraction of sp³-hybridized carbons (Fsp3) is 0.500. The summed E-state index contributed by atoms with van der Waals surface area (Å²) in [5.74, 6) is -1.23. The van der Waals surface area contributed by atoms with Gasteiger partial charge in [-0.2, -0.15) is 0 Å². The molecule has 0 saturated heterocycles. The predicted octanol–water partition coefficient (Wildman–Crippen LogP) is 2.17. The smallest absolute Gasteiger partial charge is 0.274 e. The molecular formula is C12H18FN3O4S. The molecule has 1 aromatic rings. The number of nitrogen functional groups attached to an aromatic ring is 1. The Bertz CT molecular complexity index is 596. The molecule has 0 unspecified atom stereocenters. The topological polar surface area (TPSA) is 115 Å². The maximum absolute atomic E-state index is 13.8. The van der Waals surface area contributed by atoms with Crippen molar-refractivity contribution in [2.24, 2.45) is 0 Å². The standard InChI is InChI=1S/C12H18FN3O4S/c1-2-3-4-5-6-15-21(19,20)12-10(13)7-9(16(17)18)8-11(12)14/h7-8,15H,2-6,14H2,1H3. The van der Waals surface area contributed by atoms with Crippen LogP contribution in [-0.2, 0) is 10.0 Å². The number of benzene rings is 1. The number of unbranched alkanes of at least 4 members (excludes halogenated alkanes) is 3. The average Bonchev–Trinajstić information content (AvgIpc) is 2.37. The van der Waals surface area contributed by atoms with Crippen LogP contribution in [0.3, 0.4) is 0 Å². The lowest BCUT2D eigenvalue weighted by atomic mass is 10.2. The number of nitrogens with two attached hydrogens (primary N) is 1. The van der Waals surface area contributed by atoms with Crippen molar-refractivity contribution in [2.45, 2.75) is 37.5 Å². The van der Waals surface area contributed by atoms with Crippen LogP contribution in [-0.4, -0.2) is 19.9 Å². The van der Waals surface area contributed by atoms with Crippen molar-refractivity contribution >= 4 is 21.4 Å². The summed E-state index contributed by atoms with van der Waals surface area (Å²) in [6.45, 7) is 2.19. The number of hydrogen-bond acceptors (Lipinski definition) is 5. The molecule has 0 spiro atoms. The lowest BCUT2D eigenvalue weighted by molar-refractivity contribution is -0.385. The van der Waals surface area contributed by atoms with E-state index in [2.05, 4.69) is 4.72 Å². The molecule has 1 aromatic carbocycles. The summed E-state index contributed by atoms with van der Waals surface area (Å²) in [7, 11) is -4.12. The number of hydrogen-bond donors (Lipinski definition) is 2. The third kappa shape index (κ3) is 4.64. The Labute approximate surface area is 122 Å². The molecule has 0 amide bonds. The van der Waals surface area contributed by atoms with Crippen LogP contribution < -0.4 is 10.5 Å². The maximum atomic E-state index is 13.8. The van der Waals surface area contributed by atoms with Gasteiger partial charge in [-0.05, 0) is 6.42 Å². The first-order chi connectivity index (χ1) is 9.79. The lowest BCUT2D eigenvalue weighted by Crippen LogP contribution is -2.26. The molecular weight excluding hydrogens is 301 g/mol. The number of non-ortho nitro benzene ring substituents is 1. The minimum atomic E-state index is -4.12. The molecule has 0 heterocycles. The van der Waals surface area contributed by atoms with Gasteiger partial charge in [0.2, 0.25) is 10.0 Å². The highest BCUT2D eigenvalue weighted by molar-refractivity contribution is 7.89. The minimum Gasteiger partial charge on any atom is -0.397 e. The molecule has 3 N–H and O–H groups in total. The number of nitrogens with zero attached hydrogens (tertiary/aromatic N) is 1. The first-order valence-electron chi connectivity index (χ1n) is 6.52. The molecule has 7 nitrogen and oxygen atoms in total. The second-order valence-corrected chi connectivity index (χ2v) is 6.27. The van der Waals surface area contributed by atoms with Gasteiger partial charge in [0, 0.05) is 12.6 Å². The van der Waals surface area contributed by atoms with Gasteiger partial charge in [0.15, 0.2) is 5.82 Å². The molecule has 0 aromatic heterocycles. The van der Waals surface area contributed by atoms with Crippen LogP contribution in [0.2, 0.25) is 0 Å². The second-order valence-electron chi connectivity index (χ2n) is 4.56. The van der Waals surface area contributed by atoms with Crippen LogP contribution in [0.5, 0.6) is 0 Å². The van der Waals surface area contributed by atoms with E-state index in [0.717, 1.165) is 25.3 Å². The zero-order chi connectivity index (χ0) is 16.0. The van der Waals surface area contributed by atoms with E-state index in [1.165, 1.54) is 0 Å². The van der Waals surface area contributed by atoms with Gasteiger partial charge in [0.05, 0.1) is 16.7 Å². The summed E-state index contributed by atoms with van der Waals surface area (Å²) in [5, 5.41) is 10.6. The molecule has 0 fully saturated rings. The highest BCUT2D eigenvalue weighted by Gasteiger charge is 2.25. The third-order valence-electron chi connectivity index (χ3n) is 2.86. The number of anilines is 1. The molecule has 0 aliphatic carbocycles. The largest absolute Gasteiger partial charge is 0.397 e. The minimum absolute atomic E-state index is 0.165. The first-order valence-corrected chi connectivity index (χ1v) is 8.01. The quantitative estimate of drug-likeness (QED) is 0.330. The van der Waals surface area contributed by atoms with Crippen LogP contribution in [0, 0.1) is 15.9 Å². The van der Waals surface area contributed by atoms with Gasteiger partial charge >= 0.3 is 0 Å². The van der Waals surface area contributed by atoms with E-state index in [1.807, 2.05) is 6.92 Å². The van der Waals surface area contributed by atoms with Crippen molar-refractivity contribution in [2.75, 3.05) is 12.3 Å². The van der Waals surface area contributed by atoms with E-state index >= 15 is 0 Å². The number of nitro benzene ring substituents is 1. The number of sulfonamides is 1. The van der Waals surface area contributed by atoms with Crippen LogP contribution >= 0.6 is 0 Å². The molecule has 0 bridgehead atoms. The molecule has 0 radical (unpaired) electrons. The molecule has 9 heteroatoms. The SMILES string of the molecule is CCCCCCNS(=O)(=O)c1c(N)cc([N+](=O)[O-])cc1F. The van der Waals surface area contributed by atoms with Crippen molar-refractivity contribution in [3.05, 3.63) is 28.1 Å². The summed E-state index contributed by atoms with van der Waals surface area (Å²) >= 11 is 0.